The molecule has 1 aromatic rings. The van der Waals surface area contributed by atoms with Crippen molar-refractivity contribution in [2.24, 2.45) is 0 Å². The van der Waals surface area contributed by atoms with Crippen LogP contribution in [0.4, 0.5) is 0 Å². The number of carbonyl (C=O) groups excluding carboxylic acids is 1. The van der Waals surface area contributed by atoms with Gasteiger partial charge in [0.15, 0.2) is 5.78 Å². The third kappa shape index (κ3) is 3.65. The SMILES string of the molecule is CCC(Cl)C(Cl)(Cl)CC(=O)c1ccccc1. The van der Waals surface area contributed by atoms with Gasteiger partial charge < -0.3 is 0 Å². The molecular weight excluding hydrogens is 266 g/mol. The average Bonchev–Trinajstić information content (AvgIpc) is 2.28. The molecule has 16 heavy (non-hydrogen) atoms. The van der Waals surface area contributed by atoms with Crippen molar-refractivity contribution >= 4 is 40.6 Å². The van der Waals surface area contributed by atoms with E-state index in [1.165, 1.54) is 0 Å². The molecule has 0 saturated carbocycles. The Hall–Kier alpha value is -0.240. The third-order valence-corrected chi connectivity index (χ3v) is 4.01. The number of alkyl halides is 3. The summed E-state index contributed by atoms with van der Waals surface area (Å²) in [5, 5.41) is -0.427. The summed E-state index contributed by atoms with van der Waals surface area (Å²) in [6, 6.07) is 8.93. The first-order valence-corrected chi connectivity index (χ1v) is 6.26. The topological polar surface area (TPSA) is 17.1 Å². The predicted molar refractivity (Wildman–Crippen MR) is 69.8 cm³/mol. The zero-order valence-corrected chi connectivity index (χ0v) is 11.2. The average molecular weight is 280 g/mol. The van der Waals surface area contributed by atoms with E-state index in [0.29, 0.717) is 12.0 Å². The molecule has 1 atom stereocenters. The highest BCUT2D eigenvalue weighted by Gasteiger charge is 2.34. The minimum atomic E-state index is -1.21. The van der Waals surface area contributed by atoms with Crippen molar-refractivity contribution in [1.29, 1.82) is 0 Å². The fraction of sp³-hybridized carbons (Fsp3) is 0.417. The Kier molecular flexibility index (Phi) is 5.10. The van der Waals surface area contributed by atoms with Crippen LogP contribution in [0.3, 0.4) is 0 Å². The number of Topliss-reactive ketones (excluding diaryl/α,β-unsaturated/α-hetero) is 1. The maximum atomic E-state index is 11.9. The van der Waals surface area contributed by atoms with Gasteiger partial charge >= 0.3 is 0 Å². The summed E-state index contributed by atoms with van der Waals surface area (Å²) in [7, 11) is 0. The quantitative estimate of drug-likeness (QED) is 0.575. The van der Waals surface area contributed by atoms with Crippen molar-refractivity contribution in [1.82, 2.24) is 0 Å². The van der Waals surface area contributed by atoms with Crippen molar-refractivity contribution in [2.75, 3.05) is 0 Å². The van der Waals surface area contributed by atoms with Crippen molar-refractivity contribution in [2.45, 2.75) is 29.5 Å². The van der Waals surface area contributed by atoms with E-state index in [2.05, 4.69) is 0 Å². The summed E-state index contributed by atoms with van der Waals surface area (Å²) in [6.45, 7) is 1.88. The van der Waals surface area contributed by atoms with Crippen molar-refractivity contribution in [3.63, 3.8) is 0 Å². The molecule has 0 N–H and O–H groups in total. The molecule has 4 heteroatoms. The lowest BCUT2D eigenvalue weighted by Gasteiger charge is -2.23. The highest BCUT2D eigenvalue weighted by Crippen LogP contribution is 2.35. The monoisotopic (exact) mass is 278 g/mol. The van der Waals surface area contributed by atoms with Crippen molar-refractivity contribution < 1.29 is 4.79 Å². The Morgan fingerprint density at radius 3 is 2.38 bits per heavy atom. The molecule has 0 spiro atoms. The Morgan fingerprint density at radius 1 is 1.31 bits per heavy atom. The molecular formula is C12H13Cl3O. The molecule has 0 bridgehead atoms. The molecule has 0 radical (unpaired) electrons. The Balaban J connectivity index is 2.72. The molecule has 1 unspecified atom stereocenters. The van der Waals surface area contributed by atoms with Crippen molar-refractivity contribution in [3.05, 3.63) is 35.9 Å². The fourth-order valence-corrected chi connectivity index (χ4v) is 1.98. The summed E-state index contributed by atoms with van der Waals surface area (Å²) in [4.78, 5) is 11.9. The van der Waals surface area contributed by atoms with Gasteiger partial charge in [-0.15, -0.1) is 11.6 Å². The van der Waals surface area contributed by atoms with Crippen LogP contribution in [-0.4, -0.2) is 15.5 Å². The summed E-state index contributed by atoms with van der Waals surface area (Å²) < 4.78 is -1.21. The van der Waals surface area contributed by atoms with E-state index in [-0.39, 0.29) is 12.2 Å². The number of ketones is 1. The van der Waals surface area contributed by atoms with Gasteiger partial charge in [0.05, 0.1) is 5.38 Å². The lowest BCUT2D eigenvalue weighted by molar-refractivity contribution is 0.0977. The van der Waals surface area contributed by atoms with E-state index in [0.717, 1.165) is 0 Å². The standard InChI is InChI=1S/C12H13Cl3O/c1-2-11(13)12(14,15)8-10(16)9-6-4-3-5-7-9/h3-7,11H,2,8H2,1H3. The first kappa shape index (κ1) is 13.8. The summed E-state index contributed by atoms with van der Waals surface area (Å²) in [5.41, 5.74) is 0.605. The number of halogens is 3. The third-order valence-electron chi connectivity index (χ3n) is 2.31. The fourth-order valence-electron chi connectivity index (χ4n) is 1.35. The minimum absolute atomic E-state index is 0.0299. The molecule has 0 aliphatic heterocycles. The van der Waals surface area contributed by atoms with E-state index >= 15 is 0 Å². The van der Waals surface area contributed by atoms with Gasteiger partial charge in [-0.1, -0.05) is 60.5 Å². The molecule has 1 rings (SSSR count). The largest absolute Gasteiger partial charge is 0.294 e. The van der Waals surface area contributed by atoms with Crippen LogP contribution in [0.5, 0.6) is 0 Å². The van der Waals surface area contributed by atoms with Crippen LogP contribution in [0.2, 0.25) is 0 Å². The van der Waals surface area contributed by atoms with Crippen LogP contribution in [0.1, 0.15) is 30.1 Å². The number of rotatable bonds is 5. The second-order valence-corrected chi connectivity index (χ2v) is 5.67. The van der Waals surface area contributed by atoms with Gasteiger partial charge in [-0.3, -0.25) is 4.79 Å². The van der Waals surface area contributed by atoms with Gasteiger partial charge in [0.25, 0.3) is 0 Å². The summed E-state index contributed by atoms with van der Waals surface area (Å²) in [5.74, 6) is -0.0929. The normalized spacial score (nSPS) is 13.5. The van der Waals surface area contributed by atoms with E-state index < -0.39 is 9.71 Å². The molecule has 0 aliphatic carbocycles. The van der Waals surface area contributed by atoms with Crippen LogP contribution >= 0.6 is 34.8 Å². The van der Waals surface area contributed by atoms with E-state index in [9.17, 15) is 4.79 Å². The zero-order chi connectivity index (χ0) is 12.2. The molecule has 1 nitrogen and oxygen atoms in total. The second-order valence-electron chi connectivity index (χ2n) is 3.60. The number of carbonyl (C=O) groups is 1. The van der Waals surface area contributed by atoms with Gasteiger partial charge in [-0.2, -0.15) is 0 Å². The van der Waals surface area contributed by atoms with Crippen LogP contribution in [0.25, 0.3) is 0 Å². The molecule has 0 saturated heterocycles. The van der Waals surface area contributed by atoms with Gasteiger partial charge in [0.1, 0.15) is 4.33 Å². The molecule has 88 valence electrons. The van der Waals surface area contributed by atoms with E-state index in [4.69, 9.17) is 34.8 Å². The maximum absolute atomic E-state index is 11.9. The first-order chi connectivity index (χ1) is 7.47. The second kappa shape index (κ2) is 5.90. The molecule has 0 fully saturated rings. The van der Waals surface area contributed by atoms with Gasteiger partial charge in [-0.05, 0) is 6.42 Å². The first-order valence-electron chi connectivity index (χ1n) is 5.07. The Bertz CT molecular complexity index is 349. The van der Waals surface area contributed by atoms with Crippen LogP contribution in [0, 0.1) is 0 Å². The van der Waals surface area contributed by atoms with E-state index in [1.54, 1.807) is 24.3 Å². The predicted octanol–water partition coefficient (Wildman–Crippen LogP) is 4.45. The van der Waals surface area contributed by atoms with Gasteiger partial charge in [0, 0.05) is 12.0 Å². The highest BCUT2D eigenvalue weighted by molar-refractivity contribution is 6.53. The van der Waals surface area contributed by atoms with Crippen LogP contribution in [0.15, 0.2) is 30.3 Å². The number of hydrogen-bond acceptors (Lipinski definition) is 1. The molecule has 0 amide bonds. The van der Waals surface area contributed by atoms with Crippen LogP contribution in [-0.2, 0) is 0 Å². The maximum Gasteiger partial charge on any atom is 0.165 e. The van der Waals surface area contributed by atoms with Crippen LogP contribution < -0.4 is 0 Å². The zero-order valence-electron chi connectivity index (χ0n) is 8.92. The lowest BCUT2D eigenvalue weighted by atomic mass is 10.0. The van der Waals surface area contributed by atoms with Gasteiger partial charge in [-0.25, -0.2) is 0 Å². The summed E-state index contributed by atoms with van der Waals surface area (Å²) in [6.07, 6.45) is 0.652. The molecule has 1 aromatic carbocycles. The van der Waals surface area contributed by atoms with Crippen molar-refractivity contribution in [3.8, 4) is 0 Å². The number of hydrogen-bond donors (Lipinski definition) is 0. The molecule has 0 aromatic heterocycles. The molecule has 0 heterocycles. The van der Waals surface area contributed by atoms with Gasteiger partial charge in [0.2, 0.25) is 0 Å². The highest BCUT2D eigenvalue weighted by atomic mass is 35.5. The Morgan fingerprint density at radius 2 is 1.88 bits per heavy atom. The summed E-state index contributed by atoms with van der Waals surface area (Å²) >= 11 is 18.1. The molecule has 0 aliphatic rings. The smallest absolute Gasteiger partial charge is 0.165 e. The lowest BCUT2D eigenvalue weighted by Crippen LogP contribution is -2.29. The Labute approximate surface area is 111 Å². The minimum Gasteiger partial charge on any atom is -0.294 e. The number of benzene rings is 1. The van der Waals surface area contributed by atoms with E-state index in [1.807, 2.05) is 13.0 Å².